The molecule has 0 aromatic carbocycles. The van der Waals surface area contributed by atoms with Crippen LogP contribution in [0.3, 0.4) is 0 Å². The second-order valence-electron chi connectivity index (χ2n) is 5.32. The monoisotopic (exact) mass is 237 g/mol. The number of hydrogen-bond acceptors (Lipinski definition) is 4. The summed E-state index contributed by atoms with van der Waals surface area (Å²) in [6, 6.07) is 3.63. The number of carbonyl (C=O) groups is 1. The van der Waals surface area contributed by atoms with Crippen molar-refractivity contribution in [1.82, 2.24) is 0 Å². The van der Waals surface area contributed by atoms with E-state index < -0.39 is 5.41 Å². The highest BCUT2D eigenvalue weighted by molar-refractivity contribution is 5.97. The number of hydrogen-bond donors (Lipinski definition) is 0. The summed E-state index contributed by atoms with van der Waals surface area (Å²) in [4.78, 5) is 14.1. The Labute approximate surface area is 102 Å². The zero-order chi connectivity index (χ0) is 12.5. The highest BCUT2D eigenvalue weighted by atomic mass is 16.5. The molecule has 0 bridgehead atoms. The van der Waals surface area contributed by atoms with E-state index in [1.807, 2.05) is 26.8 Å². The molecule has 0 unspecified atom stereocenters. The fraction of sp³-hybridized carbons (Fsp3) is 0.615. The Morgan fingerprint density at radius 2 is 1.88 bits per heavy atom. The highest BCUT2D eigenvalue weighted by Gasteiger charge is 2.26. The van der Waals surface area contributed by atoms with Crippen LogP contribution >= 0.6 is 0 Å². The molecule has 0 saturated carbocycles. The summed E-state index contributed by atoms with van der Waals surface area (Å²) in [7, 11) is 0. The van der Waals surface area contributed by atoms with Gasteiger partial charge in [-0.05, 0) is 6.07 Å². The number of morpholine rings is 1. The van der Waals surface area contributed by atoms with E-state index in [1.54, 1.807) is 6.07 Å². The van der Waals surface area contributed by atoms with Crippen LogP contribution in [-0.2, 0) is 4.74 Å². The highest BCUT2D eigenvalue weighted by Crippen LogP contribution is 2.26. The predicted molar refractivity (Wildman–Crippen MR) is 65.5 cm³/mol. The normalized spacial score (nSPS) is 17.2. The van der Waals surface area contributed by atoms with Crippen LogP contribution in [0.15, 0.2) is 16.5 Å². The van der Waals surface area contributed by atoms with Crippen LogP contribution in [0.1, 0.15) is 31.3 Å². The van der Waals surface area contributed by atoms with Gasteiger partial charge in [0.15, 0.2) is 11.6 Å². The van der Waals surface area contributed by atoms with Crippen LogP contribution in [-0.4, -0.2) is 32.1 Å². The number of anilines is 1. The molecular weight excluding hydrogens is 218 g/mol. The van der Waals surface area contributed by atoms with Crippen molar-refractivity contribution in [2.45, 2.75) is 20.8 Å². The van der Waals surface area contributed by atoms with Gasteiger partial charge in [0.2, 0.25) is 5.78 Å². The molecule has 0 spiro atoms. The first-order valence-electron chi connectivity index (χ1n) is 5.96. The van der Waals surface area contributed by atoms with E-state index in [4.69, 9.17) is 9.15 Å². The van der Waals surface area contributed by atoms with Gasteiger partial charge in [-0.25, -0.2) is 0 Å². The number of ketones is 1. The summed E-state index contributed by atoms with van der Waals surface area (Å²) in [5.74, 6) is 1.25. The minimum absolute atomic E-state index is 0.0389. The van der Waals surface area contributed by atoms with Gasteiger partial charge in [-0.2, -0.15) is 0 Å². The fourth-order valence-corrected chi connectivity index (χ4v) is 1.77. The van der Waals surface area contributed by atoms with Gasteiger partial charge in [-0.3, -0.25) is 4.79 Å². The van der Waals surface area contributed by atoms with Crippen molar-refractivity contribution in [3.63, 3.8) is 0 Å². The Balaban J connectivity index is 2.12. The minimum atomic E-state index is -0.403. The molecule has 0 aliphatic carbocycles. The maximum Gasteiger partial charge on any atom is 0.203 e. The molecule has 1 aliphatic rings. The molecule has 0 amide bonds. The molecular formula is C13H19NO3. The van der Waals surface area contributed by atoms with Crippen molar-refractivity contribution in [2.24, 2.45) is 5.41 Å². The van der Waals surface area contributed by atoms with Crippen LogP contribution in [0.2, 0.25) is 0 Å². The second kappa shape index (κ2) is 4.53. The van der Waals surface area contributed by atoms with Crippen molar-refractivity contribution < 1.29 is 13.9 Å². The maximum atomic E-state index is 12.0. The molecule has 1 fully saturated rings. The lowest BCUT2D eigenvalue weighted by Crippen LogP contribution is -2.35. The molecule has 0 atom stereocenters. The molecule has 1 aromatic rings. The largest absolute Gasteiger partial charge is 0.437 e. The SMILES string of the molecule is CC(C)(C)C(=O)c1ccc(N2CCOCC2)o1. The summed E-state index contributed by atoms with van der Waals surface area (Å²) in [6.45, 7) is 8.74. The Morgan fingerprint density at radius 1 is 1.24 bits per heavy atom. The molecule has 1 aliphatic heterocycles. The van der Waals surface area contributed by atoms with Gasteiger partial charge in [0.05, 0.1) is 13.2 Å². The Morgan fingerprint density at radius 3 is 2.47 bits per heavy atom. The van der Waals surface area contributed by atoms with Gasteiger partial charge in [0.1, 0.15) is 0 Å². The Hall–Kier alpha value is -1.29. The van der Waals surface area contributed by atoms with E-state index >= 15 is 0 Å². The molecule has 4 nitrogen and oxygen atoms in total. The number of rotatable bonds is 2. The van der Waals surface area contributed by atoms with Gasteiger partial charge < -0.3 is 14.1 Å². The first-order chi connectivity index (χ1) is 7.98. The zero-order valence-electron chi connectivity index (χ0n) is 10.7. The first-order valence-corrected chi connectivity index (χ1v) is 5.96. The lowest BCUT2D eigenvalue weighted by Gasteiger charge is -2.26. The molecule has 4 heteroatoms. The van der Waals surface area contributed by atoms with Crippen LogP contribution in [0.4, 0.5) is 5.88 Å². The maximum absolute atomic E-state index is 12.0. The summed E-state index contributed by atoms with van der Waals surface area (Å²) in [5, 5.41) is 0. The minimum Gasteiger partial charge on any atom is -0.437 e. The lowest BCUT2D eigenvalue weighted by molar-refractivity contribution is 0.0827. The van der Waals surface area contributed by atoms with E-state index in [1.165, 1.54) is 0 Å². The van der Waals surface area contributed by atoms with Crippen molar-refractivity contribution in [3.05, 3.63) is 17.9 Å². The number of carbonyl (C=O) groups excluding carboxylic acids is 1. The number of nitrogens with zero attached hydrogens (tertiary/aromatic N) is 1. The van der Waals surface area contributed by atoms with E-state index in [9.17, 15) is 4.79 Å². The molecule has 0 N–H and O–H groups in total. The molecule has 1 aromatic heterocycles. The van der Waals surface area contributed by atoms with Gasteiger partial charge in [-0.15, -0.1) is 0 Å². The van der Waals surface area contributed by atoms with E-state index in [0.717, 1.165) is 19.0 Å². The number of ether oxygens (including phenoxy) is 1. The van der Waals surface area contributed by atoms with Gasteiger partial charge in [-0.1, -0.05) is 20.8 Å². The third-order valence-corrected chi connectivity index (χ3v) is 2.82. The quantitative estimate of drug-likeness (QED) is 0.740. The van der Waals surface area contributed by atoms with Crippen molar-refractivity contribution in [1.29, 1.82) is 0 Å². The average Bonchev–Trinajstić information content (AvgIpc) is 2.77. The molecule has 0 radical (unpaired) electrons. The Kier molecular flexibility index (Phi) is 3.24. The Bertz CT molecular complexity index is 397. The summed E-state index contributed by atoms with van der Waals surface area (Å²) < 4.78 is 10.9. The number of Topliss-reactive ketones (excluding diaryl/α,β-unsaturated/α-hetero) is 1. The topological polar surface area (TPSA) is 42.7 Å². The fourth-order valence-electron chi connectivity index (χ4n) is 1.77. The van der Waals surface area contributed by atoms with Crippen LogP contribution in [0, 0.1) is 5.41 Å². The zero-order valence-corrected chi connectivity index (χ0v) is 10.7. The summed E-state index contributed by atoms with van der Waals surface area (Å²) >= 11 is 0. The van der Waals surface area contributed by atoms with Gasteiger partial charge in [0.25, 0.3) is 0 Å². The smallest absolute Gasteiger partial charge is 0.203 e. The van der Waals surface area contributed by atoms with E-state index in [2.05, 4.69) is 4.90 Å². The van der Waals surface area contributed by atoms with E-state index in [0.29, 0.717) is 19.0 Å². The summed E-state index contributed by atoms with van der Waals surface area (Å²) in [5.41, 5.74) is -0.403. The number of furan rings is 1. The molecule has 2 heterocycles. The van der Waals surface area contributed by atoms with E-state index in [-0.39, 0.29) is 5.78 Å². The first kappa shape index (κ1) is 12.2. The van der Waals surface area contributed by atoms with Crippen molar-refractivity contribution in [2.75, 3.05) is 31.2 Å². The van der Waals surface area contributed by atoms with Crippen LogP contribution < -0.4 is 4.90 Å². The van der Waals surface area contributed by atoms with Crippen molar-refractivity contribution >= 4 is 11.7 Å². The standard InChI is InChI=1S/C13H19NO3/c1-13(2,3)12(15)10-4-5-11(17-10)14-6-8-16-9-7-14/h4-5H,6-9H2,1-3H3. The van der Waals surface area contributed by atoms with Crippen LogP contribution in [0.5, 0.6) is 0 Å². The third kappa shape index (κ3) is 2.69. The molecule has 1 saturated heterocycles. The summed E-state index contributed by atoms with van der Waals surface area (Å²) in [6.07, 6.45) is 0. The lowest BCUT2D eigenvalue weighted by atomic mass is 9.89. The van der Waals surface area contributed by atoms with Gasteiger partial charge in [0, 0.05) is 24.6 Å². The molecule has 2 rings (SSSR count). The van der Waals surface area contributed by atoms with Crippen molar-refractivity contribution in [3.8, 4) is 0 Å². The molecule has 17 heavy (non-hydrogen) atoms. The van der Waals surface area contributed by atoms with Crippen LogP contribution in [0.25, 0.3) is 0 Å². The average molecular weight is 237 g/mol. The second-order valence-corrected chi connectivity index (χ2v) is 5.32. The molecule has 94 valence electrons. The predicted octanol–water partition coefficient (Wildman–Crippen LogP) is 2.35. The van der Waals surface area contributed by atoms with Gasteiger partial charge >= 0.3 is 0 Å². The third-order valence-electron chi connectivity index (χ3n) is 2.82.